The fourth-order valence-electron chi connectivity index (χ4n) is 6.78. The Balaban J connectivity index is 1.14. The van der Waals surface area contributed by atoms with Gasteiger partial charge >= 0.3 is 0 Å². The molecule has 5 aliphatic rings. The number of nitrogens with zero attached hydrogens (tertiary/aromatic N) is 2. The van der Waals surface area contributed by atoms with Crippen LogP contribution < -0.4 is 10.6 Å². The van der Waals surface area contributed by atoms with Crippen LogP contribution in [0.5, 0.6) is 0 Å². The molecule has 0 aromatic rings. The molecule has 0 aromatic carbocycles. The molecule has 3 aliphatic heterocycles. The Morgan fingerprint density at radius 2 is 2.03 bits per heavy atom. The lowest BCUT2D eigenvalue weighted by Gasteiger charge is -2.47. The Hall–Kier alpha value is -1.25. The number of morpholine rings is 1. The summed E-state index contributed by atoms with van der Waals surface area (Å²) in [6.07, 6.45) is 5.58. The van der Waals surface area contributed by atoms with Crippen LogP contribution in [0.4, 0.5) is 4.39 Å². The highest BCUT2D eigenvalue weighted by atomic mass is 19.1. The van der Waals surface area contributed by atoms with Crippen LogP contribution >= 0.6 is 0 Å². The highest BCUT2D eigenvalue weighted by Gasteiger charge is 2.46. The van der Waals surface area contributed by atoms with Gasteiger partial charge in [0.15, 0.2) is 0 Å². The van der Waals surface area contributed by atoms with E-state index in [9.17, 15) is 14.0 Å². The molecule has 8 atom stereocenters. The Morgan fingerprint density at radius 3 is 2.87 bits per heavy atom. The average molecular weight is 437 g/mol. The fraction of sp³-hybridized carbons (Fsp3) is 0.913. The van der Waals surface area contributed by atoms with Gasteiger partial charge in [0, 0.05) is 43.7 Å². The van der Waals surface area contributed by atoms with E-state index in [1.807, 2.05) is 4.90 Å². The Bertz CT molecular complexity index is 676. The zero-order valence-corrected chi connectivity index (χ0v) is 18.6. The van der Waals surface area contributed by atoms with E-state index in [1.54, 1.807) is 0 Å². The zero-order chi connectivity index (χ0) is 21.5. The summed E-state index contributed by atoms with van der Waals surface area (Å²) in [6, 6.07) is 0.647. The number of amides is 2. The SMILES string of the molecule is CC1CCC(F)C2CC(C(=O)N[C@@H]3CCC[C@H](N4CCN5C(=O)COC[C@@H]5C4)C3)NC12. The summed E-state index contributed by atoms with van der Waals surface area (Å²) in [7, 11) is 0. The van der Waals surface area contributed by atoms with Gasteiger partial charge in [0.2, 0.25) is 11.8 Å². The van der Waals surface area contributed by atoms with Crippen molar-refractivity contribution in [3.8, 4) is 0 Å². The van der Waals surface area contributed by atoms with E-state index < -0.39 is 6.17 Å². The van der Waals surface area contributed by atoms with Gasteiger partial charge in [-0.1, -0.05) is 6.92 Å². The van der Waals surface area contributed by atoms with E-state index in [-0.39, 0.29) is 48.5 Å². The van der Waals surface area contributed by atoms with Gasteiger partial charge in [-0.2, -0.15) is 0 Å². The molecule has 174 valence electrons. The number of halogens is 1. The molecule has 31 heavy (non-hydrogen) atoms. The zero-order valence-electron chi connectivity index (χ0n) is 18.6. The van der Waals surface area contributed by atoms with E-state index >= 15 is 0 Å². The van der Waals surface area contributed by atoms with Gasteiger partial charge < -0.3 is 20.3 Å². The van der Waals surface area contributed by atoms with E-state index in [2.05, 4.69) is 22.5 Å². The van der Waals surface area contributed by atoms with Crippen molar-refractivity contribution in [3.63, 3.8) is 0 Å². The molecule has 5 fully saturated rings. The number of carbonyl (C=O) groups excluding carboxylic acids is 2. The molecule has 2 N–H and O–H groups in total. The molecular formula is C23H37FN4O3. The van der Waals surface area contributed by atoms with E-state index in [4.69, 9.17) is 4.74 Å². The van der Waals surface area contributed by atoms with Gasteiger partial charge in [-0.15, -0.1) is 0 Å². The van der Waals surface area contributed by atoms with Crippen molar-refractivity contribution in [3.05, 3.63) is 0 Å². The minimum Gasteiger partial charge on any atom is -0.369 e. The van der Waals surface area contributed by atoms with Crippen LogP contribution in [0.2, 0.25) is 0 Å². The number of fused-ring (bicyclic) bond motifs is 2. The lowest BCUT2D eigenvalue weighted by Crippen LogP contribution is -2.62. The summed E-state index contributed by atoms with van der Waals surface area (Å²) in [5, 5.41) is 6.75. The molecular weight excluding hydrogens is 399 g/mol. The molecule has 3 heterocycles. The van der Waals surface area contributed by atoms with Gasteiger partial charge in [0.1, 0.15) is 12.8 Å². The molecule has 5 rings (SSSR count). The summed E-state index contributed by atoms with van der Waals surface area (Å²) in [4.78, 5) is 29.5. The lowest BCUT2D eigenvalue weighted by molar-refractivity contribution is -0.153. The monoisotopic (exact) mass is 436 g/mol. The maximum Gasteiger partial charge on any atom is 0.248 e. The third kappa shape index (κ3) is 4.35. The van der Waals surface area contributed by atoms with E-state index in [0.29, 0.717) is 31.4 Å². The Kier molecular flexibility index (Phi) is 6.23. The Labute approximate surface area is 184 Å². The minimum absolute atomic E-state index is 0.0182. The molecule has 2 aliphatic carbocycles. The molecule has 8 heteroatoms. The molecule has 7 nitrogen and oxygen atoms in total. The van der Waals surface area contributed by atoms with Crippen molar-refractivity contribution >= 4 is 11.8 Å². The molecule has 3 saturated heterocycles. The van der Waals surface area contributed by atoms with Crippen molar-refractivity contribution in [2.45, 2.75) is 88.3 Å². The second-order valence-corrected chi connectivity index (χ2v) is 10.5. The molecule has 2 saturated carbocycles. The molecule has 0 spiro atoms. The number of rotatable bonds is 3. The lowest BCUT2D eigenvalue weighted by atomic mass is 9.77. The second-order valence-electron chi connectivity index (χ2n) is 10.5. The predicted octanol–water partition coefficient (Wildman–Crippen LogP) is 1.07. The summed E-state index contributed by atoms with van der Waals surface area (Å²) < 4.78 is 19.9. The van der Waals surface area contributed by atoms with Crippen molar-refractivity contribution in [1.29, 1.82) is 0 Å². The van der Waals surface area contributed by atoms with Gasteiger partial charge in [-0.05, 0) is 50.9 Å². The van der Waals surface area contributed by atoms with Crippen molar-refractivity contribution in [2.24, 2.45) is 11.8 Å². The summed E-state index contributed by atoms with van der Waals surface area (Å²) in [5.41, 5.74) is 0. The van der Waals surface area contributed by atoms with Crippen LogP contribution in [0.25, 0.3) is 0 Å². The van der Waals surface area contributed by atoms with Crippen LogP contribution in [-0.4, -0.2) is 90.8 Å². The first kappa shape index (κ1) is 21.6. The van der Waals surface area contributed by atoms with Crippen molar-refractivity contribution in [2.75, 3.05) is 32.8 Å². The van der Waals surface area contributed by atoms with Gasteiger partial charge in [0.25, 0.3) is 0 Å². The molecule has 0 aromatic heterocycles. The van der Waals surface area contributed by atoms with Crippen LogP contribution in [0.15, 0.2) is 0 Å². The van der Waals surface area contributed by atoms with Gasteiger partial charge in [-0.3, -0.25) is 14.5 Å². The minimum atomic E-state index is -0.778. The van der Waals surface area contributed by atoms with Crippen LogP contribution in [0.3, 0.4) is 0 Å². The molecule has 2 amide bonds. The number of hydrogen-bond acceptors (Lipinski definition) is 5. The first-order valence-electron chi connectivity index (χ1n) is 12.3. The second kappa shape index (κ2) is 8.94. The van der Waals surface area contributed by atoms with Crippen LogP contribution in [0, 0.1) is 11.8 Å². The number of alkyl halides is 1. The fourth-order valence-corrected chi connectivity index (χ4v) is 6.78. The molecule has 0 radical (unpaired) electrons. The summed E-state index contributed by atoms with van der Waals surface area (Å²) in [5.74, 6) is 0.577. The van der Waals surface area contributed by atoms with Crippen LogP contribution in [-0.2, 0) is 14.3 Å². The number of hydrogen-bond donors (Lipinski definition) is 2. The molecule has 0 bridgehead atoms. The molecule has 5 unspecified atom stereocenters. The van der Waals surface area contributed by atoms with Crippen molar-refractivity contribution < 1.29 is 18.7 Å². The first-order chi connectivity index (χ1) is 15.0. The topological polar surface area (TPSA) is 73.9 Å². The number of carbonyl (C=O) groups is 2. The van der Waals surface area contributed by atoms with E-state index in [1.165, 1.54) is 0 Å². The first-order valence-corrected chi connectivity index (χ1v) is 12.3. The third-order valence-corrected chi connectivity index (χ3v) is 8.53. The third-order valence-electron chi connectivity index (χ3n) is 8.53. The van der Waals surface area contributed by atoms with Crippen LogP contribution in [0.1, 0.15) is 51.9 Å². The summed E-state index contributed by atoms with van der Waals surface area (Å²) >= 11 is 0. The quantitative estimate of drug-likeness (QED) is 0.693. The standard InChI is InChI=1S/C23H37FN4O3/c1-14-5-6-19(24)18-10-20(26-22(14)18)23(30)25-15-3-2-4-16(9-15)27-7-8-28-17(11-27)12-31-13-21(28)29/h14-20,22,26H,2-13H2,1H3,(H,25,30)/t14?,15-,16+,17+,18?,19?,20?,22?/m1/s1. The highest BCUT2D eigenvalue weighted by molar-refractivity contribution is 5.82. The Morgan fingerprint density at radius 1 is 1.16 bits per heavy atom. The number of ether oxygens (including phenoxy) is 1. The average Bonchev–Trinajstić information content (AvgIpc) is 3.24. The summed E-state index contributed by atoms with van der Waals surface area (Å²) in [6.45, 7) is 5.55. The van der Waals surface area contributed by atoms with Crippen molar-refractivity contribution in [1.82, 2.24) is 20.4 Å². The van der Waals surface area contributed by atoms with E-state index in [0.717, 1.165) is 51.7 Å². The maximum absolute atomic E-state index is 14.4. The largest absolute Gasteiger partial charge is 0.369 e. The predicted molar refractivity (Wildman–Crippen MR) is 114 cm³/mol. The van der Waals surface area contributed by atoms with Gasteiger partial charge in [-0.25, -0.2) is 4.39 Å². The maximum atomic E-state index is 14.4. The normalized spacial score (nSPS) is 43.9. The highest BCUT2D eigenvalue weighted by Crippen LogP contribution is 2.38. The number of nitrogens with one attached hydrogen (secondary N) is 2. The smallest absolute Gasteiger partial charge is 0.248 e. The number of piperazine rings is 1. The van der Waals surface area contributed by atoms with Gasteiger partial charge in [0.05, 0.1) is 18.7 Å².